The molecule has 0 aliphatic heterocycles. The predicted molar refractivity (Wildman–Crippen MR) is 81.7 cm³/mol. The quantitative estimate of drug-likeness (QED) is 0.774. The summed E-state index contributed by atoms with van der Waals surface area (Å²) in [5.74, 6) is -1.37. The molecule has 0 aliphatic carbocycles. The average molecular weight is 292 g/mol. The first-order valence-corrected chi connectivity index (χ1v) is 6.86. The summed E-state index contributed by atoms with van der Waals surface area (Å²) >= 11 is 0. The van der Waals surface area contributed by atoms with Crippen LogP contribution in [0.2, 0.25) is 0 Å². The van der Waals surface area contributed by atoms with Crippen molar-refractivity contribution in [1.29, 1.82) is 0 Å². The van der Waals surface area contributed by atoms with E-state index in [9.17, 15) is 14.7 Å². The van der Waals surface area contributed by atoms with Crippen LogP contribution in [0, 0.1) is 12.3 Å². The van der Waals surface area contributed by atoms with Gasteiger partial charge in [0.2, 0.25) is 5.91 Å². The molecular formula is C16H24N2O3. The zero-order valence-corrected chi connectivity index (χ0v) is 13.2. The van der Waals surface area contributed by atoms with E-state index in [4.69, 9.17) is 5.73 Å². The lowest BCUT2D eigenvalue weighted by Gasteiger charge is -2.39. The molecule has 1 unspecified atom stereocenters. The Balaban J connectivity index is 2.90. The Kier molecular flexibility index (Phi) is 4.79. The van der Waals surface area contributed by atoms with Crippen LogP contribution in [-0.2, 0) is 9.59 Å². The average Bonchev–Trinajstić information content (AvgIpc) is 2.37. The Bertz CT molecular complexity index is 533. The standard InChI is InChI=1S/C16H24N2O3/c1-10-6-8-11(9-7-10)12(17)13(19)18-16(4,5)15(2,3)14(20)21/h6-9,12H,17H2,1-5H3,(H,18,19)(H,20,21). The molecule has 0 saturated carbocycles. The summed E-state index contributed by atoms with van der Waals surface area (Å²) in [6, 6.07) is 6.54. The molecule has 1 aromatic carbocycles. The number of carbonyl (C=O) groups is 2. The number of nitrogens with one attached hydrogen (secondary N) is 1. The van der Waals surface area contributed by atoms with Crippen LogP contribution in [0.15, 0.2) is 24.3 Å². The van der Waals surface area contributed by atoms with Crippen LogP contribution in [0.3, 0.4) is 0 Å². The minimum atomic E-state index is -1.12. The van der Waals surface area contributed by atoms with Crippen molar-refractivity contribution in [3.05, 3.63) is 35.4 Å². The van der Waals surface area contributed by atoms with Gasteiger partial charge in [0.05, 0.1) is 11.0 Å². The molecule has 0 fully saturated rings. The zero-order valence-electron chi connectivity index (χ0n) is 13.2. The number of carbonyl (C=O) groups excluding carboxylic acids is 1. The lowest BCUT2D eigenvalue weighted by Crippen LogP contribution is -2.58. The summed E-state index contributed by atoms with van der Waals surface area (Å²) in [6.07, 6.45) is 0. The number of aryl methyl sites for hydroxylation is 1. The number of amides is 1. The number of aliphatic carboxylic acids is 1. The number of carboxylic acid groups (broad SMARTS) is 1. The first kappa shape index (κ1) is 17.2. The van der Waals surface area contributed by atoms with Gasteiger partial charge in [0.1, 0.15) is 6.04 Å². The molecule has 1 aromatic rings. The molecule has 1 atom stereocenters. The summed E-state index contributed by atoms with van der Waals surface area (Å²) in [6.45, 7) is 8.47. The number of carboxylic acids is 1. The van der Waals surface area contributed by atoms with Gasteiger partial charge in [-0.3, -0.25) is 9.59 Å². The summed E-state index contributed by atoms with van der Waals surface area (Å²) < 4.78 is 0. The van der Waals surface area contributed by atoms with Crippen LogP contribution in [0.5, 0.6) is 0 Å². The van der Waals surface area contributed by atoms with Crippen molar-refractivity contribution < 1.29 is 14.7 Å². The molecule has 4 N–H and O–H groups in total. The van der Waals surface area contributed by atoms with Gasteiger partial charge in [-0.2, -0.15) is 0 Å². The molecule has 5 nitrogen and oxygen atoms in total. The van der Waals surface area contributed by atoms with Gasteiger partial charge in [-0.1, -0.05) is 29.8 Å². The Labute approximate surface area is 125 Å². The third-order valence-corrected chi connectivity index (χ3v) is 4.25. The van der Waals surface area contributed by atoms with E-state index in [0.29, 0.717) is 5.56 Å². The molecule has 21 heavy (non-hydrogen) atoms. The summed E-state index contributed by atoms with van der Waals surface area (Å²) in [5.41, 5.74) is 5.69. The highest BCUT2D eigenvalue weighted by Gasteiger charge is 2.44. The minimum Gasteiger partial charge on any atom is -0.481 e. The van der Waals surface area contributed by atoms with E-state index in [1.54, 1.807) is 39.8 Å². The van der Waals surface area contributed by atoms with Crippen LogP contribution in [0.4, 0.5) is 0 Å². The number of hydrogen-bond donors (Lipinski definition) is 3. The fraction of sp³-hybridized carbons (Fsp3) is 0.500. The molecule has 0 saturated heterocycles. The van der Waals surface area contributed by atoms with Crippen molar-refractivity contribution in [1.82, 2.24) is 5.32 Å². The van der Waals surface area contributed by atoms with Crippen LogP contribution < -0.4 is 11.1 Å². The van der Waals surface area contributed by atoms with E-state index >= 15 is 0 Å². The van der Waals surface area contributed by atoms with Gasteiger partial charge in [0, 0.05) is 0 Å². The Morgan fingerprint density at radius 3 is 2.05 bits per heavy atom. The van der Waals surface area contributed by atoms with E-state index in [1.807, 2.05) is 19.1 Å². The smallest absolute Gasteiger partial charge is 0.311 e. The van der Waals surface area contributed by atoms with E-state index < -0.39 is 28.9 Å². The first-order chi connectivity index (χ1) is 9.49. The largest absolute Gasteiger partial charge is 0.481 e. The van der Waals surface area contributed by atoms with E-state index in [-0.39, 0.29) is 0 Å². The highest BCUT2D eigenvalue weighted by atomic mass is 16.4. The summed E-state index contributed by atoms with van der Waals surface area (Å²) in [7, 11) is 0. The second-order valence-corrected chi connectivity index (χ2v) is 6.43. The molecule has 0 spiro atoms. The van der Waals surface area contributed by atoms with Gasteiger partial charge >= 0.3 is 5.97 Å². The maximum Gasteiger partial charge on any atom is 0.311 e. The second-order valence-electron chi connectivity index (χ2n) is 6.43. The van der Waals surface area contributed by atoms with E-state index in [2.05, 4.69) is 5.32 Å². The van der Waals surface area contributed by atoms with E-state index in [0.717, 1.165) is 5.56 Å². The SMILES string of the molecule is Cc1ccc(C(N)C(=O)NC(C)(C)C(C)(C)C(=O)O)cc1. The number of hydrogen-bond acceptors (Lipinski definition) is 3. The van der Waals surface area contributed by atoms with Crippen molar-refractivity contribution >= 4 is 11.9 Å². The Morgan fingerprint density at radius 1 is 1.14 bits per heavy atom. The first-order valence-electron chi connectivity index (χ1n) is 6.86. The number of nitrogens with two attached hydrogens (primary N) is 1. The van der Waals surface area contributed by atoms with Crippen molar-refractivity contribution in [2.24, 2.45) is 11.1 Å². The van der Waals surface area contributed by atoms with Crippen LogP contribution >= 0.6 is 0 Å². The molecule has 0 heterocycles. The normalized spacial score (nSPS) is 13.6. The van der Waals surface area contributed by atoms with Crippen LogP contribution in [-0.4, -0.2) is 22.5 Å². The highest BCUT2D eigenvalue weighted by molar-refractivity contribution is 5.85. The summed E-state index contributed by atoms with van der Waals surface area (Å²) in [5, 5.41) is 12.0. The molecule has 0 radical (unpaired) electrons. The van der Waals surface area contributed by atoms with Crippen LogP contribution in [0.25, 0.3) is 0 Å². The van der Waals surface area contributed by atoms with Crippen LogP contribution in [0.1, 0.15) is 44.9 Å². The monoisotopic (exact) mass is 292 g/mol. The van der Waals surface area contributed by atoms with Gasteiger partial charge < -0.3 is 16.2 Å². The fourth-order valence-electron chi connectivity index (χ4n) is 1.73. The third-order valence-electron chi connectivity index (χ3n) is 4.25. The van der Waals surface area contributed by atoms with Gasteiger partial charge in [0.25, 0.3) is 0 Å². The van der Waals surface area contributed by atoms with Crippen molar-refractivity contribution in [2.75, 3.05) is 0 Å². The maximum atomic E-state index is 12.3. The number of benzene rings is 1. The third kappa shape index (κ3) is 3.61. The Hall–Kier alpha value is -1.88. The molecule has 1 rings (SSSR count). The lowest BCUT2D eigenvalue weighted by atomic mass is 9.74. The molecule has 116 valence electrons. The van der Waals surface area contributed by atoms with Gasteiger partial charge in [0.15, 0.2) is 0 Å². The minimum absolute atomic E-state index is 0.391. The molecule has 0 bridgehead atoms. The van der Waals surface area contributed by atoms with Gasteiger partial charge in [-0.15, -0.1) is 0 Å². The zero-order chi connectivity index (χ0) is 16.4. The topological polar surface area (TPSA) is 92.4 Å². The molecule has 0 aromatic heterocycles. The lowest BCUT2D eigenvalue weighted by molar-refractivity contribution is -0.151. The van der Waals surface area contributed by atoms with Crippen molar-refractivity contribution in [3.8, 4) is 0 Å². The van der Waals surface area contributed by atoms with E-state index in [1.165, 1.54) is 0 Å². The second kappa shape index (κ2) is 5.85. The van der Waals surface area contributed by atoms with Crippen molar-refractivity contribution in [3.63, 3.8) is 0 Å². The molecular weight excluding hydrogens is 268 g/mol. The highest BCUT2D eigenvalue weighted by Crippen LogP contribution is 2.31. The molecule has 1 amide bonds. The molecule has 5 heteroatoms. The van der Waals surface area contributed by atoms with Gasteiger partial charge in [-0.05, 0) is 40.2 Å². The fourth-order valence-corrected chi connectivity index (χ4v) is 1.73. The predicted octanol–water partition coefficient (Wildman–Crippen LogP) is 2.00. The number of rotatable bonds is 5. The Morgan fingerprint density at radius 2 is 1.62 bits per heavy atom. The maximum absolute atomic E-state index is 12.3. The van der Waals surface area contributed by atoms with Crippen molar-refractivity contribution in [2.45, 2.75) is 46.2 Å². The van der Waals surface area contributed by atoms with Gasteiger partial charge in [-0.25, -0.2) is 0 Å². The summed E-state index contributed by atoms with van der Waals surface area (Å²) in [4.78, 5) is 23.6. The molecule has 0 aliphatic rings.